The zero-order valence-electron chi connectivity index (χ0n) is 10.4. The average Bonchev–Trinajstić information content (AvgIpc) is 2.67. The highest BCUT2D eigenvalue weighted by Gasteiger charge is 2.52. The predicted molar refractivity (Wildman–Crippen MR) is 63.1 cm³/mol. The molecule has 0 spiro atoms. The molecule has 1 saturated heterocycles. The number of carbonyl (C=O) groups excluding carboxylic acids is 1. The second-order valence-electron chi connectivity index (χ2n) is 5.95. The van der Waals surface area contributed by atoms with Crippen molar-refractivity contribution in [2.75, 3.05) is 6.61 Å². The van der Waals surface area contributed by atoms with Gasteiger partial charge in [0.15, 0.2) is 0 Å². The van der Waals surface area contributed by atoms with Gasteiger partial charge < -0.3 is 9.84 Å². The summed E-state index contributed by atoms with van der Waals surface area (Å²) >= 11 is 0. The summed E-state index contributed by atoms with van der Waals surface area (Å²) in [7, 11) is 0. The second kappa shape index (κ2) is 3.84. The molecule has 1 heterocycles. The van der Waals surface area contributed by atoms with Crippen molar-refractivity contribution in [2.24, 2.45) is 29.6 Å². The maximum atomic E-state index is 11.9. The molecule has 3 nitrogen and oxygen atoms in total. The first kappa shape index (κ1) is 11.3. The zero-order chi connectivity index (χ0) is 12.2. The van der Waals surface area contributed by atoms with E-state index in [1.54, 1.807) is 0 Å². The third-order valence-corrected chi connectivity index (χ3v) is 5.03. The van der Waals surface area contributed by atoms with Crippen LogP contribution < -0.4 is 0 Å². The van der Waals surface area contributed by atoms with Gasteiger partial charge in [-0.3, -0.25) is 4.79 Å². The van der Waals surface area contributed by atoms with Crippen LogP contribution in [0, 0.1) is 29.6 Å². The summed E-state index contributed by atoms with van der Waals surface area (Å²) in [6.45, 7) is 4.82. The van der Waals surface area contributed by atoms with Crippen LogP contribution in [-0.2, 0) is 9.53 Å². The second-order valence-corrected chi connectivity index (χ2v) is 5.95. The van der Waals surface area contributed by atoms with E-state index in [0.29, 0.717) is 12.5 Å². The molecule has 6 atom stereocenters. The molecule has 0 amide bonds. The van der Waals surface area contributed by atoms with Crippen LogP contribution in [0.3, 0.4) is 0 Å². The van der Waals surface area contributed by atoms with E-state index in [0.717, 1.165) is 12.8 Å². The Balaban J connectivity index is 2.01. The van der Waals surface area contributed by atoms with Crippen molar-refractivity contribution in [3.05, 3.63) is 11.6 Å². The van der Waals surface area contributed by atoms with Crippen molar-refractivity contribution in [1.82, 2.24) is 0 Å². The van der Waals surface area contributed by atoms with E-state index < -0.39 is 0 Å². The first-order chi connectivity index (χ1) is 8.09. The molecule has 3 heteroatoms. The van der Waals surface area contributed by atoms with Crippen LogP contribution in [0.4, 0.5) is 0 Å². The Morgan fingerprint density at radius 2 is 2.18 bits per heavy atom. The minimum Gasteiger partial charge on any atom is -0.465 e. The predicted octanol–water partition coefficient (Wildman–Crippen LogP) is 1.76. The van der Waals surface area contributed by atoms with Gasteiger partial charge >= 0.3 is 5.97 Å². The first-order valence-corrected chi connectivity index (χ1v) is 6.62. The molecule has 1 aliphatic heterocycles. The van der Waals surface area contributed by atoms with Gasteiger partial charge in [-0.2, -0.15) is 0 Å². The lowest BCUT2D eigenvalue weighted by Gasteiger charge is -2.45. The van der Waals surface area contributed by atoms with Crippen LogP contribution in [0.25, 0.3) is 0 Å². The highest BCUT2D eigenvalue weighted by Crippen LogP contribution is 2.50. The third-order valence-electron chi connectivity index (χ3n) is 5.03. The van der Waals surface area contributed by atoms with Gasteiger partial charge in [-0.15, -0.1) is 0 Å². The number of ether oxygens (including phenoxy) is 1. The summed E-state index contributed by atoms with van der Waals surface area (Å²) in [6.07, 6.45) is 3.80. The Kier molecular flexibility index (Phi) is 2.54. The Hall–Kier alpha value is -0.830. The number of aliphatic hydroxyl groups is 1. The van der Waals surface area contributed by atoms with E-state index in [1.807, 2.05) is 0 Å². The molecule has 2 fully saturated rings. The lowest BCUT2D eigenvalue weighted by molar-refractivity contribution is -0.145. The number of esters is 1. The smallest absolute Gasteiger partial charge is 0.310 e. The third kappa shape index (κ3) is 1.55. The fraction of sp³-hybridized carbons (Fsp3) is 0.786. The molecular formula is C14H20O3. The van der Waals surface area contributed by atoms with Gasteiger partial charge in [0, 0.05) is 11.8 Å². The molecule has 0 aromatic carbocycles. The number of rotatable bonds is 0. The van der Waals surface area contributed by atoms with E-state index in [9.17, 15) is 9.90 Å². The molecule has 1 N–H and O–H groups in total. The lowest BCUT2D eigenvalue weighted by atomic mass is 9.59. The summed E-state index contributed by atoms with van der Waals surface area (Å²) in [5.74, 6) is 1.16. The summed E-state index contributed by atoms with van der Waals surface area (Å²) in [4.78, 5) is 11.9. The molecule has 3 aliphatic rings. The maximum absolute atomic E-state index is 11.9. The van der Waals surface area contributed by atoms with Crippen molar-refractivity contribution >= 4 is 5.97 Å². The van der Waals surface area contributed by atoms with Gasteiger partial charge in [-0.05, 0) is 31.6 Å². The normalized spacial score (nSPS) is 49.1. The Labute approximate surface area is 102 Å². The highest BCUT2D eigenvalue weighted by molar-refractivity contribution is 5.76. The SMILES string of the molecule is CC1=C[C@@H]2[C@H]([C@@H]3C(=O)OC[C@H]13)[C@@H](C)CC[C@@H]2O. The topological polar surface area (TPSA) is 46.5 Å². The summed E-state index contributed by atoms with van der Waals surface area (Å²) < 4.78 is 5.24. The summed E-state index contributed by atoms with van der Waals surface area (Å²) in [6, 6.07) is 0. The Bertz CT molecular complexity index is 374. The molecule has 3 rings (SSSR count). The molecule has 0 aromatic heterocycles. The Morgan fingerprint density at radius 1 is 1.41 bits per heavy atom. The zero-order valence-corrected chi connectivity index (χ0v) is 10.4. The number of hydrogen-bond donors (Lipinski definition) is 1. The monoisotopic (exact) mass is 236 g/mol. The van der Waals surface area contributed by atoms with E-state index >= 15 is 0 Å². The number of hydrogen-bond acceptors (Lipinski definition) is 3. The number of cyclic esters (lactones) is 1. The molecular weight excluding hydrogens is 216 g/mol. The first-order valence-electron chi connectivity index (χ1n) is 6.62. The average molecular weight is 236 g/mol. The van der Waals surface area contributed by atoms with Gasteiger partial charge in [0.25, 0.3) is 0 Å². The molecule has 1 saturated carbocycles. The lowest BCUT2D eigenvalue weighted by Crippen LogP contribution is -2.46. The number of fused-ring (bicyclic) bond motifs is 3. The van der Waals surface area contributed by atoms with E-state index in [1.165, 1.54) is 5.57 Å². The van der Waals surface area contributed by atoms with Gasteiger partial charge in [-0.25, -0.2) is 0 Å². The van der Waals surface area contributed by atoms with Crippen molar-refractivity contribution in [3.8, 4) is 0 Å². The Morgan fingerprint density at radius 3 is 2.94 bits per heavy atom. The summed E-state index contributed by atoms with van der Waals surface area (Å²) in [5.41, 5.74) is 1.23. The van der Waals surface area contributed by atoms with Crippen molar-refractivity contribution in [1.29, 1.82) is 0 Å². The fourth-order valence-corrected chi connectivity index (χ4v) is 4.07. The van der Waals surface area contributed by atoms with Crippen LogP contribution in [0.2, 0.25) is 0 Å². The van der Waals surface area contributed by atoms with Crippen LogP contribution in [0.15, 0.2) is 11.6 Å². The van der Waals surface area contributed by atoms with Gasteiger partial charge in [0.1, 0.15) is 0 Å². The number of aliphatic hydroxyl groups excluding tert-OH is 1. The molecule has 17 heavy (non-hydrogen) atoms. The molecule has 0 unspecified atom stereocenters. The van der Waals surface area contributed by atoms with E-state index in [2.05, 4.69) is 19.9 Å². The van der Waals surface area contributed by atoms with Crippen LogP contribution in [0.5, 0.6) is 0 Å². The minimum atomic E-state index is -0.277. The van der Waals surface area contributed by atoms with Crippen LogP contribution in [-0.4, -0.2) is 23.8 Å². The molecule has 0 radical (unpaired) electrons. The molecule has 2 aliphatic carbocycles. The molecule has 94 valence electrons. The summed E-state index contributed by atoms with van der Waals surface area (Å²) in [5, 5.41) is 10.1. The standard InChI is InChI=1S/C14H20O3/c1-7-3-4-11(15)9-5-8(2)10-6-17-14(16)13(10)12(7)9/h5,7,9-13,15H,3-4,6H2,1-2H3/t7-,9-,10+,11-,12+,13+/m0/s1. The maximum Gasteiger partial charge on any atom is 0.310 e. The van der Waals surface area contributed by atoms with E-state index in [4.69, 9.17) is 4.74 Å². The van der Waals surface area contributed by atoms with Gasteiger partial charge in [0.05, 0.1) is 18.6 Å². The highest BCUT2D eigenvalue weighted by atomic mass is 16.5. The van der Waals surface area contributed by atoms with Gasteiger partial charge in [-0.1, -0.05) is 18.6 Å². The molecule has 0 bridgehead atoms. The van der Waals surface area contributed by atoms with Crippen molar-refractivity contribution in [2.45, 2.75) is 32.8 Å². The van der Waals surface area contributed by atoms with Crippen LogP contribution >= 0.6 is 0 Å². The largest absolute Gasteiger partial charge is 0.465 e. The minimum absolute atomic E-state index is 0.00468. The van der Waals surface area contributed by atoms with E-state index in [-0.39, 0.29) is 35.7 Å². The quantitative estimate of drug-likeness (QED) is 0.515. The molecule has 0 aromatic rings. The van der Waals surface area contributed by atoms with Crippen molar-refractivity contribution < 1.29 is 14.6 Å². The van der Waals surface area contributed by atoms with Crippen molar-refractivity contribution in [3.63, 3.8) is 0 Å². The number of carbonyl (C=O) groups is 1. The van der Waals surface area contributed by atoms with Gasteiger partial charge in [0.2, 0.25) is 0 Å². The fourth-order valence-electron chi connectivity index (χ4n) is 4.07. The van der Waals surface area contributed by atoms with Crippen LogP contribution in [0.1, 0.15) is 26.7 Å².